The number of piperidine rings is 1. The Balaban J connectivity index is 0.000000138. The number of rotatable bonds is 0. The van der Waals surface area contributed by atoms with Gasteiger partial charge in [0.15, 0.2) is 0 Å². The van der Waals surface area contributed by atoms with Crippen LogP contribution < -0.4 is 5.32 Å². The maximum Gasteiger partial charge on any atom is 0.00953 e. The number of hydrogen-bond donors (Lipinski definition) is 1. The molecular formula is C15H29N. The number of nitrogens with one attached hydrogen (secondary N) is 1. The van der Waals surface area contributed by atoms with E-state index in [-0.39, 0.29) is 0 Å². The van der Waals surface area contributed by atoms with E-state index in [0.717, 1.165) is 12.0 Å². The van der Waals surface area contributed by atoms with E-state index in [4.69, 9.17) is 0 Å². The Morgan fingerprint density at radius 3 is 1.75 bits per heavy atom. The van der Waals surface area contributed by atoms with Crippen molar-refractivity contribution in [3.63, 3.8) is 0 Å². The third-order valence-corrected chi connectivity index (χ3v) is 4.57. The maximum atomic E-state index is 3.62. The Labute approximate surface area is 101 Å². The summed E-state index contributed by atoms with van der Waals surface area (Å²) in [4.78, 5) is 0. The van der Waals surface area contributed by atoms with Crippen LogP contribution in [0.5, 0.6) is 0 Å². The Morgan fingerprint density at radius 2 is 1.12 bits per heavy atom. The van der Waals surface area contributed by atoms with Gasteiger partial charge in [0.2, 0.25) is 0 Å². The fraction of sp³-hybridized carbons (Fsp3) is 1.00. The van der Waals surface area contributed by atoms with E-state index in [0.29, 0.717) is 0 Å². The molecule has 94 valence electrons. The zero-order valence-electron chi connectivity index (χ0n) is 10.8. The van der Waals surface area contributed by atoms with Gasteiger partial charge in [-0.1, -0.05) is 51.4 Å². The van der Waals surface area contributed by atoms with Crippen LogP contribution in [0.1, 0.15) is 77.0 Å². The van der Waals surface area contributed by atoms with E-state index in [1.165, 1.54) is 83.6 Å². The molecule has 3 rings (SSSR count). The fourth-order valence-electron chi connectivity index (χ4n) is 3.53. The molecule has 1 N–H and O–H groups in total. The fourth-order valence-corrected chi connectivity index (χ4v) is 3.53. The molecule has 3 fully saturated rings. The molecule has 1 saturated heterocycles. The zero-order chi connectivity index (χ0) is 11.1. The highest BCUT2D eigenvalue weighted by Crippen LogP contribution is 2.30. The lowest BCUT2D eigenvalue weighted by molar-refractivity contribution is 0.212. The summed E-state index contributed by atoms with van der Waals surface area (Å²) in [6.07, 6.45) is 17.8. The molecule has 1 aliphatic heterocycles. The van der Waals surface area contributed by atoms with Crippen molar-refractivity contribution in [2.75, 3.05) is 6.54 Å². The first-order valence-corrected chi connectivity index (χ1v) is 7.70. The van der Waals surface area contributed by atoms with Crippen molar-refractivity contribution in [2.45, 2.75) is 83.1 Å². The molecule has 1 heteroatoms. The van der Waals surface area contributed by atoms with Gasteiger partial charge in [0.05, 0.1) is 0 Å². The van der Waals surface area contributed by atoms with Crippen molar-refractivity contribution in [3.8, 4) is 0 Å². The summed E-state index contributed by atoms with van der Waals surface area (Å²) in [5, 5.41) is 3.62. The molecule has 0 aromatic heterocycles. The molecule has 2 saturated carbocycles. The van der Waals surface area contributed by atoms with Crippen LogP contribution in [0.25, 0.3) is 0 Å². The molecule has 1 nitrogen and oxygen atoms in total. The molecule has 0 amide bonds. The van der Waals surface area contributed by atoms with Crippen molar-refractivity contribution < 1.29 is 0 Å². The summed E-state index contributed by atoms with van der Waals surface area (Å²) < 4.78 is 0. The molecule has 0 aromatic rings. The van der Waals surface area contributed by atoms with Crippen molar-refractivity contribution in [3.05, 3.63) is 0 Å². The van der Waals surface area contributed by atoms with Gasteiger partial charge in [-0.3, -0.25) is 0 Å². The first kappa shape index (κ1) is 12.4. The molecule has 0 radical (unpaired) electrons. The van der Waals surface area contributed by atoms with Crippen LogP contribution in [0.3, 0.4) is 0 Å². The Bertz CT molecular complexity index is 137. The van der Waals surface area contributed by atoms with Gasteiger partial charge in [-0.05, 0) is 38.1 Å². The van der Waals surface area contributed by atoms with E-state index in [1.54, 1.807) is 0 Å². The van der Waals surface area contributed by atoms with E-state index in [9.17, 15) is 0 Å². The summed E-state index contributed by atoms with van der Waals surface area (Å²) in [5.74, 6) is 1.04. The van der Waals surface area contributed by atoms with Gasteiger partial charge in [0.25, 0.3) is 0 Å². The average molecular weight is 223 g/mol. The first-order chi connectivity index (χ1) is 7.97. The van der Waals surface area contributed by atoms with E-state index in [1.807, 2.05) is 0 Å². The number of hydrogen-bond acceptors (Lipinski definition) is 1. The number of fused-ring (bicyclic) bond motifs is 1. The van der Waals surface area contributed by atoms with E-state index in [2.05, 4.69) is 5.32 Å². The Morgan fingerprint density at radius 1 is 0.562 bits per heavy atom. The van der Waals surface area contributed by atoms with Gasteiger partial charge in [0.1, 0.15) is 0 Å². The SMILES string of the molecule is C1CCC2NCCCC2C1.C1CCCCC1. The minimum absolute atomic E-state index is 0.905. The summed E-state index contributed by atoms with van der Waals surface area (Å²) >= 11 is 0. The van der Waals surface area contributed by atoms with Crippen molar-refractivity contribution >= 4 is 0 Å². The molecule has 0 spiro atoms. The van der Waals surface area contributed by atoms with Crippen LogP contribution in [-0.2, 0) is 0 Å². The lowest BCUT2D eigenvalue weighted by Gasteiger charge is -2.36. The van der Waals surface area contributed by atoms with Crippen LogP contribution in [-0.4, -0.2) is 12.6 Å². The van der Waals surface area contributed by atoms with Crippen molar-refractivity contribution in [1.29, 1.82) is 0 Å². The average Bonchev–Trinajstić information content (AvgIpc) is 2.42. The van der Waals surface area contributed by atoms with Crippen LogP contribution in [0, 0.1) is 5.92 Å². The summed E-state index contributed by atoms with van der Waals surface area (Å²) in [7, 11) is 0. The molecule has 2 unspecified atom stereocenters. The molecule has 3 aliphatic rings. The second-order valence-corrected chi connectivity index (χ2v) is 5.87. The van der Waals surface area contributed by atoms with Gasteiger partial charge in [-0.15, -0.1) is 0 Å². The Hall–Kier alpha value is -0.0400. The normalized spacial score (nSPS) is 34.5. The quantitative estimate of drug-likeness (QED) is 0.646. The molecule has 1 heterocycles. The van der Waals surface area contributed by atoms with Crippen LogP contribution in [0.2, 0.25) is 0 Å². The zero-order valence-corrected chi connectivity index (χ0v) is 10.8. The minimum Gasteiger partial charge on any atom is -0.314 e. The Kier molecular flexibility index (Phi) is 5.68. The van der Waals surface area contributed by atoms with E-state index >= 15 is 0 Å². The second kappa shape index (κ2) is 7.32. The molecule has 2 aliphatic carbocycles. The largest absolute Gasteiger partial charge is 0.314 e. The summed E-state index contributed by atoms with van der Waals surface area (Å²) in [5.41, 5.74) is 0. The highest BCUT2D eigenvalue weighted by atomic mass is 14.9. The third kappa shape index (κ3) is 4.08. The van der Waals surface area contributed by atoms with Gasteiger partial charge < -0.3 is 5.32 Å². The van der Waals surface area contributed by atoms with Crippen LogP contribution in [0.4, 0.5) is 0 Å². The van der Waals surface area contributed by atoms with Crippen molar-refractivity contribution in [2.24, 2.45) is 5.92 Å². The highest BCUT2D eigenvalue weighted by Gasteiger charge is 2.26. The lowest BCUT2D eigenvalue weighted by atomic mass is 9.80. The predicted octanol–water partition coefficient (Wildman–Crippen LogP) is 4.27. The van der Waals surface area contributed by atoms with Gasteiger partial charge in [0, 0.05) is 6.04 Å². The van der Waals surface area contributed by atoms with Gasteiger partial charge in [-0.25, -0.2) is 0 Å². The molecule has 0 bridgehead atoms. The first-order valence-electron chi connectivity index (χ1n) is 7.70. The van der Waals surface area contributed by atoms with Gasteiger partial charge in [-0.2, -0.15) is 0 Å². The monoisotopic (exact) mass is 223 g/mol. The smallest absolute Gasteiger partial charge is 0.00953 e. The molecule has 0 aromatic carbocycles. The van der Waals surface area contributed by atoms with Crippen LogP contribution in [0.15, 0.2) is 0 Å². The molecular weight excluding hydrogens is 194 g/mol. The second-order valence-electron chi connectivity index (χ2n) is 5.87. The van der Waals surface area contributed by atoms with E-state index < -0.39 is 0 Å². The third-order valence-electron chi connectivity index (χ3n) is 4.57. The van der Waals surface area contributed by atoms with Gasteiger partial charge >= 0.3 is 0 Å². The molecule has 2 atom stereocenters. The highest BCUT2D eigenvalue weighted by molar-refractivity contribution is 4.84. The lowest BCUT2D eigenvalue weighted by Crippen LogP contribution is -2.42. The minimum atomic E-state index is 0.905. The standard InChI is InChI=1S/C9H17N.C6H12/c1-2-6-9-8(4-1)5-3-7-10-9;1-2-4-6-5-3-1/h8-10H,1-7H2;1-6H2. The van der Waals surface area contributed by atoms with Crippen LogP contribution >= 0.6 is 0 Å². The predicted molar refractivity (Wildman–Crippen MR) is 70.7 cm³/mol. The molecule has 16 heavy (non-hydrogen) atoms. The summed E-state index contributed by atoms with van der Waals surface area (Å²) in [6, 6.07) is 0.905. The summed E-state index contributed by atoms with van der Waals surface area (Å²) in [6.45, 7) is 1.28. The topological polar surface area (TPSA) is 12.0 Å². The maximum absolute atomic E-state index is 3.62. The van der Waals surface area contributed by atoms with Crippen molar-refractivity contribution in [1.82, 2.24) is 5.32 Å².